The maximum absolute atomic E-state index is 12.0. The molecule has 0 bridgehead atoms. The van der Waals surface area contributed by atoms with Crippen LogP contribution in [0.25, 0.3) is 0 Å². The van der Waals surface area contributed by atoms with Gasteiger partial charge >= 0.3 is 0 Å². The molecule has 0 radical (unpaired) electrons. The van der Waals surface area contributed by atoms with Gasteiger partial charge in [-0.15, -0.1) is 0 Å². The fourth-order valence-corrected chi connectivity index (χ4v) is 2.78. The summed E-state index contributed by atoms with van der Waals surface area (Å²) < 4.78 is 4.96. The maximum Gasteiger partial charge on any atom is 0.225 e. The van der Waals surface area contributed by atoms with Crippen molar-refractivity contribution >= 4 is 11.9 Å². The van der Waals surface area contributed by atoms with Gasteiger partial charge in [-0.1, -0.05) is 0 Å². The van der Waals surface area contributed by atoms with Crippen LogP contribution in [0.3, 0.4) is 0 Å². The quantitative estimate of drug-likeness (QED) is 0.764. The molecule has 2 atom stereocenters. The van der Waals surface area contributed by atoms with Crippen LogP contribution in [0.4, 0.5) is 5.95 Å². The average molecular weight is 307 g/mol. The van der Waals surface area contributed by atoms with E-state index in [0.29, 0.717) is 18.9 Å². The molecule has 1 aliphatic rings. The molecule has 1 aromatic rings. The molecule has 0 aliphatic carbocycles. The van der Waals surface area contributed by atoms with E-state index in [0.717, 1.165) is 25.6 Å². The van der Waals surface area contributed by atoms with Gasteiger partial charge in [-0.2, -0.15) is 0 Å². The van der Waals surface area contributed by atoms with Gasteiger partial charge in [0.15, 0.2) is 0 Å². The third-order valence-corrected chi connectivity index (χ3v) is 3.76. The van der Waals surface area contributed by atoms with Gasteiger partial charge in [-0.05, 0) is 20.2 Å². The Morgan fingerprint density at radius 1 is 1.41 bits per heavy atom. The van der Waals surface area contributed by atoms with Crippen molar-refractivity contribution in [3.63, 3.8) is 0 Å². The van der Waals surface area contributed by atoms with E-state index in [1.165, 1.54) is 0 Å². The number of nitrogens with zero attached hydrogens (tertiary/aromatic N) is 4. The van der Waals surface area contributed by atoms with Crippen molar-refractivity contribution in [3.8, 4) is 0 Å². The van der Waals surface area contributed by atoms with Gasteiger partial charge in [-0.3, -0.25) is 4.79 Å². The Morgan fingerprint density at radius 3 is 2.77 bits per heavy atom. The van der Waals surface area contributed by atoms with Crippen molar-refractivity contribution in [1.82, 2.24) is 20.2 Å². The maximum atomic E-state index is 12.0. The van der Waals surface area contributed by atoms with E-state index >= 15 is 0 Å². The zero-order valence-electron chi connectivity index (χ0n) is 13.5. The van der Waals surface area contributed by atoms with Crippen LogP contribution in [0.5, 0.6) is 0 Å². The molecule has 7 nitrogen and oxygen atoms in total. The molecular weight excluding hydrogens is 282 g/mol. The SMILES string of the molecule is COCCC(=O)N[C@@H]1CN(c2ncccn2)C[C@H]1CN(C)C. The van der Waals surface area contributed by atoms with Crippen molar-refractivity contribution in [2.24, 2.45) is 5.92 Å². The van der Waals surface area contributed by atoms with Crippen molar-refractivity contribution in [1.29, 1.82) is 0 Å². The number of aromatic nitrogens is 2. The van der Waals surface area contributed by atoms with E-state index in [2.05, 4.69) is 25.1 Å². The number of nitrogens with one attached hydrogen (secondary N) is 1. The first kappa shape index (κ1) is 16.6. The second kappa shape index (κ2) is 8.05. The second-order valence-electron chi connectivity index (χ2n) is 5.89. The zero-order valence-corrected chi connectivity index (χ0v) is 13.5. The lowest BCUT2D eigenvalue weighted by Crippen LogP contribution is -2.43. The van der Waals surface area contributed by atoms with Gasteiger partial charge in [0.1, 0.15) is 0 Å². The molecule has 1 amide bonds. The molecule has 0 spiro atoms. The van der Waals surface area contributed by atoms with Gasteiger partial charge in [0.2, 0.25) is 11.9 Å². The number of carbonyl (C=O) groups is 1. The standard InChI is InChI=1S/C15H25N5O2/c1-19(2)9-12-10-20(15-16-6-4-7-17-15)11-13(12)18-14(21)5-8-22-3/h4,6-7,12-13H,5,8-11H2,1-3H3,(H,18,21)/t12-,13-/m1/s1. The Bertz CT molecular complexity index is 468. The summed E-state index contributed by atoms with van der Waals surface area (Å²) in [6.07, 6.45) is 3.88. The molecule has 1 aliphatic heterocycles. The molecule has 1 aromatic heterocycles. The lowest BCUT2D eigenvalue weighted by molar-refractivity contribution is -0.122. The number of methoxy groups -OCH3 is 1. The minimum absolute atomic E-state index is 0.0337. The van der Waals surface area contributed by atoms with Gasteiger partial charge in [-0.25, -0.2) is 9.97 Å². The molecule has 0 saturated carbocycles. The van der Waals surface area contributed by atoms with Gasteiger partial charge in [0, 0.05) is 51.5 Å². The number of hydrogen-bond acceptors (Lipinski definition) is 6. The number of anilines is 1. The van der Waals surface area contributed by atoms with Crippen LogP contribution >= 0.6 is 0 Å². The number of hydrogen-bond donors (Lipinski definition) is 1. The van der Waals surface area contributed by atoms with Crippen LogP contribution in [0.1, 0.15) is 6.42 Å². The predicted molar refractivity (Wildman–Crippen MR) is 84.7 cm³/mol. The largest absolute Gasteiger partial charge is 0.384 e. The molecule has 1 saturated heterocycles. The molecule has 7 heteroatoms. The molecule has 122 valence electrons. The Hall–Kier alpha value is -1.73. The lowest BCUT2D eigenvalue weighted by atomic mass is 10.0. The van der Waals surface area contributed by atoms with E-state index in [-0.39, 0.29) is 11.9 Å². The van der Waals surface area contributed by atoms with Gasteiger partial charge < -0.3 is 19.9 Å². The molecule has 0 unspecified atom stereocenters. The molecule has 1 N–H and O–H groups in total. The molecule has 1 fully saturated rings. The summed E-state index contributed by atoms with van der Waals surface area (Å²) in [5.41, 5.74) is 0. The van der Waals surface area contributed by atoms with E-state index in [1.54, 1.807) is 25.6 Å². The normalized spacial score (nSPS) is 21.4. The zero-order chi connectivity index (χ0) is 15.9. The van der Waals surface area contributed by atoms with Crippen molar-refractivity contribution in [3.05, 3.63) is 18.5 Å². The third-order valence-electron chi connectivity index (χ3n) is 3.76. The first-order valence-corrected chi connectivity index (χ1v) is 7.55. The molecule has 22 heavy (non-hydrogen) atoms. The Kier molecular flexibility index (Phi) is 6.09. The first-order valence-electron chi connectivity index (χ1n) is 7.55. The summed E-state index contributed by atoms with van der Waals surface area (Å²) in [5.74, 6) is 1.11. The summed E-state index contributed by atoms with van der Waals surface area (Å²) >= 11 is 0. The Labute approximate surface area is 131 Å². The highest BCUT2D eigenvalue weighted by Gasteiger charge is 2.35. The number of carbonyl (C=O) groups excluding carboxylic acids is 1. The van der Waals surface area contributed by atoms with Crippen LogP contribution in [0.15, 0.2) is 18.5 Å². The minimum atomic E-state index is 0.0337. The van der Waals surface area contributed by atoms with E-state index < -0.39 is 0 Å². The van der Waals surface area contributed by atoms with Crippen LogP contribution < -0.4 is 10.2 Å². The van der Waals surface area contributed by atoms with Crippen molar-refractivity contribution < 1.29 is 9.53 Å². The summed E-state index contributed by atoms with van der Waals surface area (Å²) in [5, 5.41) is 3.13. The Balaban J connectivity index is 2.00. The van der Waals surface area contributed by atoms with E-state index in [4.69, 9.17) is 4.74 Å². The van der Waals surface area contributed by atoms with Crippen LogP contribution in [-0.2, 0) is 9.53 Å². The fraction of sp³-hybridized carbons (Fsp3) is 0.667. The summed E-state index contributed by atoms with van der Waals surface area (Å²) in [7, 11) is 5.70. The molecule has 0 aromatic carbocycles. The smallest absolute Gasteiger partial charge is 0.225 e. The molecule has 2 rings (SSSR count). The first-order chi connectivity index (χ1) is 10.6. The second-order valence-corrected chi connectivity index (χ2v) is 5.89. The highest BCUT2D eigenvalue weighted by atomic mass is 16.5. The molecular formula is C15H25N5O2. The van der Waals surface area contributed by atoms with Gasteiger partial charge in [0.25, 0.3) is 0 Å². The highest BCUT2D eigenvalue weighted by molar-refractivity contribution is 5.76. The molecule has 2 heterocycles. The topological polar surface area (TPSA) is 70.6 Å². The summed E-state index contributed by atoms with van der Waals surface area (Å²) in [4.78, 5) is 24.9. The summed E-state index contributed by atoms with van der Waals surface area (Å²) in [6.45, 7) is 2.94. The predicted octanol–water partition coefficient (Wildman–Crippen LogP) is -0.00430. The fourth-order valence-electron chi connectivity index (χ4n) is 2.78. The minimum Gasteiger partial charge on any atom is -0.384 e. The van der Waals surface area contributed by atoms with Crippen LogP contribution in [-0.4, -0.2) is 74.3 Å². The number of ether oxygens (including phenoxy) is 1. The Morgan fingerprint density at radius 2 is 2.14 bits per heavy atom. The monoisotopic (exact) mass is 307 g/mol. The third kappa shape index (κ3) is 4.64. The lowest BCUT2D eigenvalue weighted by Gasteiger charge is -2.22. The van der Waals surface area contributed by atoms with E-state index in [1.807, 2.05) is 14.1 Å². The van der Waals surface area contributed by atoms with Crippen molar-refractivity contribution in [2.75, 3.05) is 52.3 Å². The van der Waals surface area contributed by atoms with Gasteiger partial charge in [0.05, 0.1) is 12.6 Å². The van der Waals surface area contributed by atoms with E-state index in [9.17, 15) is 4.79 Å². The highest BCUT2D eigenvalue weighted by Crippen LogP contribution is 2.21. The summed E-state index contributed by atoms with van der Waals surface area (Å²) in [6, 6.07) is 1.91. The number of rotatable bonds is 7. The van der Waals surface area contributed by atoms with Crippen LogP contribution in [0, 0.1) is 5.92 Å². The number of amides is 1. The average Bonchev–Trinajstić information content (AvgIpc) is 2.88. The van der Waals surface area contributed by atoms with Crippen molar-refractivity contribution in [2.45, 2.75) is 12.5 Å². The van der Waals surface area contributed by atoms with Crippen LogP contribution in [0.2, 0.25) is 0 Å².